The van der Waals surface area contributed by atoms with Crippen LogP contribution in [0.3, 0.4) is 0 Å². The van der Waals surface area contributed by atoms with E-state index in [9.17, 15) is 0 Å². The Morgan fingerprint density at radius 2 is 1.94 bits per heavy atom. The topological polar surface area (TPSA) is 26.0 Å². The average molecular weight is 273 g/mol. The first-order valence-corrected chi connectivity index (χ1v) is 7.85. The molecule has 3 rings (SSSR count). The molecule has 1 nitrogen and oxygen atoms in total. The van der Waals surface area contributed by atoms with Gasteiger partial charge in [0.2, 0.25) is 0 Å². The number of nitrogens with two attached hydrogens (primary N) is 1. The highest BCUT2D eigenvalue weighted by Gasteiger charge is 2.16. The molecular formula is C15H15NS2. The minimum absolute atomic E-state index is 0.00213. The van der Waals surface area contributed by atoms with Gasteiger partial charge in [-0.3, -0.25) is 0 Å². The van der Waals surface area contributed by atoms with Crippen molar-refractivity contribution in [3.8, 4) is 0 Å². The zero-order valence-electron chi connectivity index (χ0n) is 10.2. The lowest BCUT2D eigenvalue weighted by Crippen LogP contribution is -2.11. The molecule has 0 bridgehead atoms. The van der Waals surface area contributed by atoms with Gasteiger partial charge in [-0.1, -0.05) is 25.1 Å². The van der Waals surface area contributed by atoms with Crippen molar-refractivity contribution in [2.75, 3.05) is 0 Å². The predicted octanol–water partition coefficient (Wildman–Crippen LogP) is 4.57. The van der Waals surface area contributed by atoms with E-state index >= 15 is 0 Å². The summed E-state index contributed by atoms with van der Waals surface area (Å²) in [7, 11) is 0. The van der Waals surface area contributed by atoms with E-state index in [2.05, 4.69) is 48.0 Å². The Balaban J connectivity index is 2.12. The molecule has 18 heavy (non-hydrogen) atoms. The maximum absolute atomic E-state index is 6.48. The number of benzene rings is 1. The third-order valence-electron chi connectivity index (χ3n) is 3.29. The highest BCUT2D eigenvalue weighted by Crippen LogP contribution is 2.34. The molecule has 0 radical (unpaired) electrons. The van der Waals surface area contributed by atoms with E-state index < -0.39 is 0 Å². The van der Waals surface area contributed by atoms with Crippen molar-refractivity contribution in [3.05, 3.63) is 57.1 Å². The van der Waals surface area contributed by atoms with Crippen molar-refractivity contribution < 1.29 is 0 Å². The monoisotopic (exact) mass is 273 g/mol. The van der Waals surface area contributed by atoms with Crippen LogP contribution in [0.25, 0.3) is 10.1 Å². The number of aryl methyl sites for hydroxylation is 1. The third kappa shape index (κ3) is 1.88. The zero-order valence-corrected chi connectivity index (χ0v) is 11.9. The molecule has 1 aromatic carbocycles. The Labute approximate surface area is 115 Å². The molecule has 92 valence electrons. The van der Waals surface area contributed by atoms with Crippen molar-refractivity contribution in [1.82, 2.24) is 0 Å². The summed E-state index contributed by atoms with van der Waals surface area (Å²) in [5.74, 6) is 0. The lowest BCUT2D eigenvalue weighted by atomic mass is 10.0. The second-order valence-electron chi connectivity index (χ2n) is 4.33. The van der Waals surface area contributed by atoms with Gasteiger partial charge in [0, 0.05) is 9.58 Å². The predicted molar refractivity (Wildman–Crippen MR) is 81.6 cm³/mol. The Bertz CT molecular complexity index is 666. The molecule has 0 spiro atoms. The van der Waals surface area contributed by atoms with Crippen molar-refractivity contribution in [1.29, 1.82) is 0 Å². The van der Waals surface area contributed by atoms with Crippen LogP contribution in [0.2, 0.25) is 0 Å². The maximum Gasteiger partial charge on any atom is 0.0662 e. The number of fused-ring (bicyclic) bond motifs is 1. The summed E-state index contributed by atoms with van der Waals surface area (Å²) in [5.41, 5.74) is 9.11. The summed E-state index contributed by atoms with van der Waals surface area (Å²) < 4.78 is 1.32. The number of hydrogen-bond acceptors (Lipinski definition) is 3. The standard InChI is InChI=1S/C15H15NS2/c1-2-10-6-8-18-15(10)13(16)12-5-3-4-11-7-9-17-14(11)12/h3-9,13H,2,16H2,1H3. The van der Waals surface area contributed by atoms with Gasteiger partial charge in [0.1, 0.15) is 0 Å². The molecule has 0 aliphatic rings. The van der Waals surface area contributed by atoms with E-state index in [1.165, 1.54) is 26.1 Å². The molecule has 3 heteroatoms. The summed E-state index contributed by atoms with van der Waals surface area (Å²) >= 11 is 3.55. The molecule has 3 aromatic rings. The molecule has 0 amide bonds. The maximum atomic E-state index is 6.48. The number of thiophene rings is 2. The summed E-state index contributed by atoms with van der Waals surface area (Å²) in [6, 6.07) is 10.8. The van der Waals surface area contributed by atoms with E-state index in [1.54, 1.807) is 22.7 Å². The normalized spacial score (nSPS) is 13.0. The average Bonchev–Trinajstić information content (AvgIpc) is 3.05. The fourth-order valence-corrected chi connectivity index (χ4v) is 4.28. The Morgan fingerprint density at radius 1 is 1.11 bits per heavy atom. The molecule has 0 saturated carbocycles. The summed E-state index contributed by atoms with van der Waals surface area (Å²) in [6.07, 6.45) is 1.05. The SMILES string of the molecule is CCc1ccsc1C(N)c1cccc2ccsc12. The van der Waals surface area contributed by atoms with Crippen LogP contribution in [0.15, 0.2) is 41.1 Å². The number of rotatable bonds is 3. The first kappa shape index (κ1) is 11.9. The van der Waals surface area contributed by atoms with Crippen molar-refractivity contribution >= 4 is 32.8 Å². The molecule has 0 aliphatic carbocycles. The van der Waals surface area contributed by atoms with Crippen LogP contribution < -0.4 is 5.73 Å². The lowest BCUT2D eigenvalue weighted by Gasteiger charge is -2.13. The van der Waals surface area contributed by atoms with Gasteiger partial charge in [-0.05, 0) is 45.8 Å². The summed E-state index contributed by atoms with van der Waals surface area (Å²) in [4.78, 5) is 1.30. The molecule has 2 N–H and O–H groups in total. The van der Waals surface area contributed by atoms with Gasteiger partial charge in [-0.15, -0.1) is 22.7 Å². The molecule has 2 aromatic heterocycles. The fourth-order valence-electron chi connectivity index (χ4n) is 2.31. The molecule has 0 saturated heterocycles. The van der Waals surface area contributed by atoms with Gasteiger partial charge >= 0.3 is 0 Å². The third-order valence-corrected chi connectivity index (χ3v) is 5.31. The Kier molecular flexibility index (Phi) is 3.20. The van der Waals surface area contributed by atoms with E-state index in [-0.39, 0.29) is 6.04 Å². The van der Waals surface area contributed by atoms with E-state index in [0.29, 0.717) is 0 Å². The second kappa shape index (κ2) is 4.84. The van der Waals surface area contributed by atoms with Crippen molar-refractivity contribution in [2.45, 2.75) is 19.4 Å². The minimum atomic E-state index is 0.00213. The lowest BCUT2D eigenvalue weighted by molar-refractivity contribution is 0.884. The van der Waals surface area contributed by atoms with Gasteiger partial charge < -0.3 is 5.73 Å². The van der Waals surface area contributed by atoms with Crippen LogP contribution in [0, 0.1) is 0 Å². The highest BCUT2D eigenvalue weighted by atomic mass is 32.1. The molecule has 0 aliphatic heterocycles. The van der Waals surface area contributed by atoms with Gasteiger partial charge in [0.15, 0.2) is 0 Å². The molecule has 1 unspecified atom stereocenters. The minimum Gasteiger partial charge on any atom is -0.320 e. The highest BCUT2D eigenvalue weighted by molar-refractivity contribution is 7.17. The first-order chi connectivity index (χ1) is 8.81. The quantitative estimate of drug-likeness (QED) is 0.743. The fraction of sp³-hybridized carbons (Fsp3) is 0.200. The van der Waals surface area contributed by atoms with Gasteiger partial charge in [0.05, 0.1) is 6.04 Å². The molecular weight excluding hydrogens is 258 g/mol. The molecule has 1 atom stereocenters. The Hall–Kier alpha value is -1.16. The zero-order chi connectivity index (χ0) is 12.5. The van der Waals surface area contributed by atoms with Gasteiger partial charge in [0.25, 0.3) is 0 Å². The van der Waals surface area contributed by atoms with Crippen molar-refractivity contribution in [2.24, 2.45) is 5.73 Å². The van der Waals surface area contributed by atoms with Gasteiger partial charge in [-0.2, -0.15) is 0 Å². The number of hydrogen-bond donors (Lipinski definition) is 1. The van der Waals surface area contributed by atoms with Crippen LogP contribution in [-0.4, -0.2) is 0 Å². The van der Waals surface area contributed by atoms with E-state index in [4.69, 9.17) is 5.73 Å². The second-order valence-corrected chi connectivity index (χ2v) is 6.19. The van der Waals surface area contributed by atoms with Crippen LogP contribution in [0.5, 0.6) is 0 Å². The first-order valence-electron chi connectivity index (χ1n) is 6.09. The molecule has 0 fully saturated rings. The van der Waals surface area contributed by atoms with Crippen molar-refractivity contribution in [3.63, 3.8) is 0 Å². The van der Waals surface area contributed by atoms with Gasteiger partial charge in [-0.25, -0.2) is 0 Å². The van der Waals surface area contributed by atoms with E-state index in [1.807, 2.05) is 0 Å². The smallest absolute Gasteiger partial charge is 0.0662 e. The Morgan fingerprint density at radius 3 is 2.78 bits per heavy atom. The van der Waals surface area contributed by atoms with Crippen LogP contribution >= 0.6 is 22.7 Å². The largest absolute Gasteiger partial charge is 0.320 e. The van der Waals surface area contributed by atoms with E-state index in [0.717, 1.165) is 6.42 Å². The molecule has 2 heterocycles. The van der Waals surface area contributed by atoms with Crippen LogP contribution in [-0.2, 0) is 6.42 Å². The van der Waals surface area contributed by atoms with Crippen LogP contribution in [0.4, 0.5) is 0 Å². The summed E-state index contributed by atoms with van der Waals surface area (Å²) in [6.45, 7) is 2.18. The van der Waals surface area contributed by atoms with Crippen LogP contribution in [0.1, 0.15) is 29.0 Å². The summed E-state index contributed by atoms with van der Waals surface area (Å²) in [5, 5.41) is 5.57.